The summed E-state index contributed by atoms with van der Waals surface area (Å²) in [7, 11) is 0. The van der Waals surface area contributed by atoms with E-state index in [0.717, 1.165) is 83.6 Å². The van der Waals surface area contributed by atoms with Crippen LogP contribution in [0.3, 0.4) is 0 Å². The number of fused-ring (bicyclic) bond motifs is 10. The maximum atomic E-state index is 6.41. The molecule has 0 unspecified atom stereocenters. The van der Waals surface area contributed by atoms with E-state index in [0.29, 0.717) is 0 Å². The summed E-state index contributed by atoms with van der Waals surface area (Å²) in [6.07, 6.45) is 0. The van der Waals surface area contributed by atoms with Gasteiger partial charge in [-0.15, -0.1) is 5.10 Å². The number of hydrogen-bond donors (Lipinski definition) is 0. The van der Waals surface area contributed by atoms with Crippen molar-refractivity contribution in [1.82, 2.24) is 24.1 Å². The van der Waals surface area contributed by atoms with E-state index in [1.807, 2.05) is 47.1 Å². The second-order valence-electron chi connectivity index (χ2n) is 14.3. The highest BCUT2D eigenvalue weighted by Gasteiger charge is 2.22. The van der Waals surface area contributed by atoms with Gasteiger partial charge in [-0.3, -0.25) is 0 Å². The molecule has 262 valence electrons. The quantitative estimate of drug-likeness (QED) is 0.178. The summed E-state index contributed by atoms with van der Waals surface area (Å²) in [5.74, 6) is 0. The molecule has 0 saturated heterocycles. The predicted octanol–water partition coefficient (Wildman–Crippen LogP) is 12.7. The molecule has 6 heteroatoms. The van der Waals surface area contributed by atoms with Crippen LogP contribution in [0.4, 0.5) is 0 Å². The smallest absolute Gasteiger partial charge is 0.137 e. The van der Waals surface area contributed by atoms with E-state index < -0.39 is 0 Å². The molecular formula is C50H31N5O. The number of nitrogens with zero attached hydrogens (tertiary/aromatic N) is 5. The normalized spacial score (nSPS) is 11.9. The van der Waals surface area contributed by atoms with Crippen molar-refractivity contribution in [3.8, 4) is 39.6 Å². The van der Waals surface area contributed by atoms with E-state index in [-0.39, 0.29) is 0 Å². The summed E-state index contributed by atoms with van der Waals surface area (Å²) in [4.78, 5) is 0. The van der Waals surface area contributed by atoms with Gasteiger partial charge in [0.2, 0.25) is 0 Å². The minimum absolute atomic E-state index is 0.836. The van der Waals surface area contributed by atoms with Crippen LogP contribution in [0.25, 0.3) is 105 Å². The standard InChI is InChI=1S/C50H31N5O/c1-3-14-32(15-4-1)48-49(55(52-51-48)34-16-5-2-6-17-34)33-26-27-39-37-20-7-10-23-42(37)53(44(39)30-33)35-18-13-19-36(31-35)54-43-24-11-8-21-38(43)40-28-29-46-47(50(40)54)41-22-9-12-25-45(41)56-46/h1-31H. The highest BCUT2D eigenvalue weighted by molar-refractivity contribution is 6.24. The fraction of sp³-hybridized carbons (Fsp3) is 0. The summed E-state index contributed by atoms with van der Waals surface area (Å²) in [5.41, 5.74) is 13.2. The molecule has 12 rings (SSSR count). The number of rotatable bonds is 5. The Labute approximate surface area is 320 Å². The molecule has 0 spiro atoms. The average molecular weight is 718 g/mol. The van der Waals surface area contributed by atoms with Crippen LogP contribution in [0.5, 0.6) is 0 Å². The van der Waals surface area contributed by atoms with E-state index in [9.17, 15) is 0 Å². The van der Waals surface area contributed by atoms with Crippen molar-refractivity contribution in [3.63, 3.8) is 0 Å². The molecule has 0 radical (unpaired) electrons. The van der Waals surface area contributed by atoms with Gasteiger partial charge in [-0.2, -0.15) is 0 Å². The van der Waals surface area contributed by atoms with Crippen molar-refractivity contribution in [1.29, 1.82) is 0 Å². The second kappa shape index (κ2) is 11.9. The first kappa shape index (κ1) is 30.7. The average Bonchev–Trinajstić information content (AvgIpc) is 4.03. The van der Waals surface area contributed by atoms with Crippen molar-refractivity contribution in [2.45, 2.75) is 0 Å². The topological polar surface area (TPSA) is 53.7 Å². The molecule has 0 aliphatic heterocycles. The molecule has 12 aromatic rings. The molecule has 0 N–H and O–H groups in total. The van der Waals surface area contributed by atoms with E-state index in [2.05, 4.69) is 155 Å². The predicted molar refractivity (Wildman–Crippen MR) is 228 cm³/mol. The highest BCUT2D eigenvalue weighted by atomic mass is 16.3. The van der Waals surface area contributed by atoms with E-state index in [4.69, 9.17) is 14.7 Å². The minimum Gasteiger partial charge on any atom is -0.456 e. The van der Waals surface area contributed by atoms with Gasteiger partial charge in [-0.05, 0) is 66.7 Å². The first-order chi connectivity index (χ1) is 27.8. The summed E-state index contributed by atoms with van der Waals surface area (Å²) < 4.78 is 13.2. The van der Waals surface area contributed by atoms with Crippen LogP contribution < -0.4 is 0 Å². The lowest BCUT2D eigenvalue weighted by molar-refractivity contribution is 0.669. The second-order valence-corrected chi connectivity index (χ2v) is 14.3. The molecule has 56 heavy (non-hydrogen) atoms. The highest BCUT2D eigenvalue weighted by Crippen LogP contribution is 2.42. The lowest BCUT2D eigenvalue weighted by Crippen LogP contribution is -2.00. The van der Waals surface area contributed by atoms with Gasteiger partial charge in [0.25, 0.3) is 0 Å². The molecule has 6 nitrogen and oxygen atoms in total. The zero-order valence-corrected chi connectivity index (χ0v) is 30.0. The Morgan fingerprint density at radius 3 is 1.80 bits per heavy atom. The Hall–Kier alpha value is -7.70. The Morgan fingerprint density at radius 2 is 1.00 bits per heavy atom. The number of para-hydroxylation sites is 4. The molecule has 0 aliphatic carbocycles. The van der Waals surface area contributed by atoms with Gasteiger partial charge >= 0.3 is 0 Å². The van der Waals surface area contributed by atoms with Crippen molar-refractivity contribution < 1.29 is 4.42 Å². The van der Waals surface area contributed by atoms with Gasteiger partial charge in [0.1, 0.15) is 22.6 Å². The van der Waals surface area contributed by atoms with Crippen molar-refractivity contribution >= 4 is 65.6 Å². The molecular weight excluding hydrogens is 687 g/mol. The van der Waals surface area contributed by atoms with Crippen LogP contribution >= 0.6 is 0 Å². The fourth-order valence-corrected chi connectivity index (χ4v) is 8.78. The third kappa shape index (κ3) is 4.44. The van der Waals surface area contributed by atoms with E-state index in [1.54, 1.807) is 0 Å². The molecule has 4 heterocycles. The summed E-state index contributed by atoms with van der Waals surface area (Å²) >= 11 is 0. The van der Waals surface area contributed by atoms with Crippen LogP contribution in [0, 0.1) is 0 Å². The fourth-order valence-electron chi connectivity index (χ4n) is 8.78. The Kier molecular flexibility index (Phi) is 6.53. The van der Waals surface area contributed by atoms with Crippen LogP contribution in [-0.2, 0) is 0 Å². The number of benzene rings is 8. The zero-order chi connectivity index (χ0) is 36.7. The van der Waals surface area contributed by atoms with Gasteiger partial charge in [-0.1, -0.05) is 127 Å². The van der Waals surface area contributed by atoms with Crippen molar-refractivity contribution in [2.24, 2.45) is 0 Å². The zero-order valence-electron chi connectivity index (χ0n) is 30.0. The number of hydrogen-bond acceptors (Lipinski definition) is 3. The lowest BCUT2D eigenvalue weighted by Gasteiger charge is -2.14. The van der Waals surface area contributed by atoms with Crippen LogP contribution in [0.15, 0.2) is 192 Å². The first-order valence-corrected chi connectivity index (χ1v) is 18.8. The third-order valence-corrected chi connectivity index (χ3v) is 11.2. The van der Waals surface area contributed by atoms with Gasteiger partial charge in [0, 0.05) is 49.4 Å². The molecule has 0 fully saturated rings. The molecule has 0 bridgehead atoms. The maximum Gasteiger partial charge on any atom is 0.137 e. The van der Waals surface area contributed by atoms with Crippen LogP contribution in [0.2, 0.25) is 0 Å². The molecule has 4 aromatic heterocycles. The third-order valence-electron chi connectivity index (χ3n) is 11.2. The van der Waals surface area contributed by atoms with Gasteiger partial charge in [-0.25, -0.2) is 4.68 Å². The summed E-state index contributed by atoms with van der Waals surface area (Å²) in [6.45, 7) is 0. The summed E-state index contributed by atoms with van der Waals surface area (Å²) in [5, 5.41) is 16.5. The number of furan rings is 1. The molecule has 0 atom stereocenters. The largest absolute Gasteiger partial charge is 0.456 e. The van der Waals surface area contributed by atoms with Gasteiger partial charge in [0.05, 0.1) is 33.1 Å². The van der Waals surface area contributed by atoms with Crippen molar-refractivity contribution in [2.75, 3.05) is 0 Å². The van der Waals surface area contributed by atoms with Crippen LogP contribution in [0.1, 0.15) is 0 Å². The first-order valence-electron chi connectivity index (χ1n) is 18.8. The minimum atomic E-state index is 0.836. The van der Waals surface area contributed by atoms with Gasteiger partial charge < -0.3 is 13.6 Å². The van der Waals surface area contributed by atoms with Gasteiger partial charge in [0.15, 0.2) is 0 Å². The lowest BCUT2D eigenvalue weighted by atomic mass is 10.0. The summed E-state index contributed by atoms with van der Waals surface area (Å²) in [6, 6.07) is 66.3. The molecule has 0 saturated carbocycles. The molecule has 8 aromatic carbocycles. The SMILES string of the molecule is c1ccc(-c2nnn(-c3ccccc3)c2-c2ccc3c4ccccc4n(-c4cccc(-n5c6ccccc6c6ccc7oc8ccccc8c7c65)c4)c3c2)cc1. The van der Waals surface area contributed by atoms with E-state index in [1.165, 1.54) is 21.5 Å². The molecule has 0 amide bonds. The van der Waals surface area contributed by atoms with Crippen molar-refractivity contribution in [3.05, 3.63) is 188 Å². The monoisotopic (exact) mass is 717 g/mol. The Balaban J connectivity index is 1.12. The Morgan fingerprint density at radius 1 is 0.393 bits per heavy atom. The van der Waals surface area contributed by atoms with Crippen LogP contribution in [-0.4, -0.2) is 24.1 Å². The maximum absolute atomic E-state index is 6.41. The molecule has 0 aliphatic rings. The number of aromatic nitrogens is 5. The Bertz CT molecular complexity index is 3420. The van der Waals surface area contributed by atoms with E-state index >= 15 is 0 Å².